The second kappa shape index (κ2) is 7.09. The summed E-state index contributed by atoms with van der Waals surface area (Å²) in [5.41, 5.74) is 0.485. The smallest absolute Gasteiger partial charge is 0.136 e. The Balaban J connectivity index is 2.07. The molecular formula is C15H22O5S. The van der Waals surface area contributed by atoms with E-state index < -0.39 is 36.5 Å². The molecule has 4 N–H and O–H groups in total. The van der Waals surface area contributed by atoms with Gasteiger partial charge in [-0.05, 0) is 23.6 Å². The zero-order valence-electron chi connectivity index (χ0n) is 12.1. The van der Waals surface area contributed by atoms with Gasteiger partial charge in [0.25, 0.3) is 0 Å². The van der Waals surface area contributed by atoms with E-state index in [4.69, 9.17) is 9.84 Å². The molecule has 0 spiro atoms. The van der Waals surface area contributed by atoms with Crippen LogP contribution in [0.4, 0.5) is 0 Å². The van der Waals surface area contributed by atoms with Crippen molar-refractivity contribution in [3.8, 4) is 0 Å². The molecule has 1 aromatic carbocycles. The van der Waals surface area contributed by atoms with E-state index in [1.807, 2.05) is 24.3 Å². The van der Waals surface area contributed by atoms with Crippen LogP contribution in [0.3, 0.4) is 0 Å². The lowest BCUT2D eigenvalue weighted by atomic mass is 10.0. The van der Waals surface area contributed by atoms with Crippen LogP contribution in [-0.4, -0.2) is 56.9 Å². The number of ether oxygens (including phenoxy) is 1. The highest BCUT2D eigenvalue weighted by atomic mass is 32.2. The number of benzene rings is 1. The Kier molecular flexibility index (Phi) is 5.65. The quantitative estimate of drug-likeness (QED) is 0.654. The van der Waals surface area contributed by atoms with Crippen LogP contribution in [-0.2, 0) is 4.74 Å². The first kappa shape index (κ1) is 16.7. The molecule has 0 unspecified atom stereocenters. The van der Waals surface area contributed by atoms with Gasteiger partial charge in [-0.15, -0.1) is 0 Å². The lowest BCUT2D eigenvalue weighted by Crippen LogP contribution is -2.57. The van der Waals surface area contributed by atoms with E-state index in [2.05, 4.69) is 13.8 Å². The monoisotopic (exact) mass is 314 g/mol. The summed E-state index contributed by atoms with van der Waals surface area (Å²) in [4.78, 5) is 0.892. The summed E-state index contributed by atoms with van der Waals surface area (Å²) < 4.78 is 5.47. The van der Waals surface area contributed by atoms with Crippen molar-refractivity contribution in [1.29, 1.82) is 0 Å². The average Bonchev–Trinajstić information content (AvgIpc) is 2.48. The van der Waals surface area contributed by atoms with Gasteiger partial charge in [0.2, 0.25) is 0 Å². The van der Waals surface area contributed by atoms with Crippen molar-refractivity contribution in [2.75, 3.05) is 6.61 Å². The summed E-state index contributed by atoms with van der Waals surface area (Å²) in [6.07, 6.45) is -4.72. The predicted molar refractivity (Wildman–Crippen MR) is 80.2 cm³/mol. The van der Waals surface area contributed by atoms with Crippen LogP contribution in [0.5, 0.6) is 0 Å². The van der Waals surface area contributed by atoms with E-state index in [-0.39, 0.29) is 0 Å². The van der Waals surface area contributed by atoms with Gasteiger partial charge in [-0.2, -0.15) is 0 Å². The van der Waals surface area contributed by atoms with Crippen molar-refractivity contribution in [2.24, 2.45) is 0 Å². The molecule has 2 rings (SSSR count). The molecule has 5 nitrogen and oxygen atoms in total. The van der Waals surface area contributed by atoms with Crippen LogP contribution in [0, 0.1) is 0 Å². The first-order valence-corrected chi connectivity index (χ1v) is 7.89. The number of rotatable bonds is 4. The van der Waals surface area contributed by atoms with Gasteiger partial charge >= 0.3 is 0 Å². The number of hydrogen-bond acceptors (Lipinski definition) is 6. The van der Waals surface area contributed by atoms with Gasteiger partial charge in [0.05, 0.1) is 6.61 Å². The summed E-state index contributed by atoms with van der Waals surface area (Å²) in [6.45, 7) is 3.81. The Labute approximate surface area is 128 Å². The van der Waals surface area contributed by atoms with E-state index in [0.717, 1.165) is 4.90 Å². The largest absolute Gasteiger partial charge is 0.394 e. The van der Waals surface area contributed by atoms with E-state index in [9.17, 15) is 15.3 Å². The highest BCUT2D eigenvalue weighted by molar-refractivity contribution is 7.99. The van der Waals surface area contributed by atoms with Crippen LogP contribution in [0.2, 0.25) is 0 Å². The Bertz CT molecular complexity index is 448. The number of thioether (sulfide) groups is 1. The molecule has 5 atom stereocenters. The van der Waals surface area contributed by atoms with Crippen LogP contribution in [0.1, 0.15) is 25.3 Å². The molecule has 6 heteroatoms. The zero-order valence-corrected chi connectivity index (χ0v) is 12.9. The molecule has 0 aliphatic carbocycles. The molecule has 1 aromatic rings. The minimum atomic E-state index is -1.33. The topological polar surface area (TPSA) is 90.2 Å². The summed E-state index contributed by atoms with van der Waals surface area (Å²) in [5.74, 6) is 0.441. The molecule has 1 heterocycles. The van der Waals surface area contributed by atoms with Crippen LogP contribution < -0.4 is 0 Å². The van der Waals surface area contributed by atoms with Crippen LogP contribution in [0.15, 0.2) is 29.2 Å². The second-order valence-corrected chi connectivity index (χ2v) is 6.71. The van der Waals surface area contributed by atoms with Gasteiger partial charge in [0, 0.05) is 4.90 Å². The average molecular weight is 314 g/mol. The molecule has 1 fully saturated rings. The van der Waals surface area contributed by atoms with E-state index in [0.29, 0.717) is 5.92 Å². The second-order valence-electron chi connectivity index (χ2n) is 5.54. The molecule has 1 aliphatic heterocycles. The fraction of sp³-hybridized carbons (Fsp3) is 0.600. The Hall–Kier alpha value is -0.630. The van der Waals surface area contributed by atoms with E-state index >= 15 is 0 Å². The molecule has 0 saturated carbocycles. The molecule has 0 amide bonds. The molecular weight excluding hydrogens is 292 g/mol. The fourth-order valence-electron chi connectivity index (χ4n) is 2.23. The summed E-state index contributed by atoms with van der Waals surface area (Å²) >= 11 is 1.26. The minimum Gasteiger partial charge on any atom is -0.394 e. The highest BCUT2D eigenvalue weighted by Gasteiger charge is 2.43. The van der Waals surface area contributed by atoms with Gasteiger partial charge in [-0.3, -0.25) is 0 Å². The minimum absolute atomic E-state index is 0.408. The first-order chi connectivity index (χ1) is 9.93. The fourth-order valence-corrected chi connectivity index (χ4v) is 3.29. The van der Waals surface area contributed by atoms with Crippen LogP contribution in [0.25, 0.3) is 0 Å². The van der Waals surface area contributed by atoms with Crippen molar-refractivity contribution in [2.45, 2.75) is 54.5 Å². The Morgan fingerprint density at radius 2 is 1.67 bits per heavy atom. The molecule has 118 valence electrons. The third-order valence-electron chi connectivity index (χ3n) is 3.65. The van der Waals surface area contributed by atoms with Crippen molar-refractivity contribution < 1.29 is 25.2 Å². The Morgan fingerprint density at radius 3 is 2.19 bits per heavy atom. The standard InChI is InChI=1S/C15H22O5S/c1-8(2)9-3-5-10(6-4-9)21-15-14(19)13(18)12(17)11(7-16)20-15/h3-6,8,11-19H,7H2,1-2H3/t11-,12-,13+,14-,15+/m1/s1. The number of aliphatic hydroxyl groups excluding tert-OH is 4. The van der Waals surface area contributed by atoms with Gasteiger partial charge < -0.3 is 25.2 Å². The van der Waals surface area contributed by atoms with Crippen molar-refractivity contribution in [3.63, 3.8) is 0 Å². The van der Waals surface area contributed by atoms with E-state index in [1.165, 1.54) is 17.3 Å². The number of aliphatic hydroxyl groups is 4. The third kappa shape index (κ3) is 3.77. The highest BCUT2D eigenvalue weighted by Crippen LogP contribution is 2.33. The Morgan fingerprint density at radius 1 is 1.05 bits per heavy atom. The maximum absolute atomic E-state index is 9.99. The van der Waals surface area contributed by atoms with Gasteiger partial charge in [-0.1, -0.05) is 37.7 Å². The van der Waals surface area contributed by atoms with Crippen molar-refractivity contribution >= 4 is 11.8 Å². The lowest BCUT2D eigenvalue weighted by Gasteiger charge is -2.39. The molecule has 0 bridgehead atoms. The lowest BCUT2D eigenvalue weighted by molar-refractivity contribution is -0.205. The molecule has 0 radical (unpaired) electrons. The first-order valence-electron chi connectivity index (χ1n) is 7.01. The molecule has 21 heavy (non-hydrogen) atoms. The van der Waals surface area contributed by atoms with Crippen molar-refractivity contribution in [1.82, 2.24) is 0 Å². The summed E-state index contributed by atoms with van der Waals surface area (Å²) in [7, 11) is 0. The molecule has 1 saturated heterocycles. The third-order valence-corrected chi connectivity index (χ3v) is 4.81. The summed E-state index contributed by atoms with van der Waals surface area (Å²) in [6, 6.07) is 7.89. The maximum atomic E-state index is 9.99. The SMILES string of the molecule is CC(C)c1ccc(S[C@@H]2O[C@H](CO)[C@@H](O)[C@H](O)[C@H]2O)cc1. The van der Waals surface area contributed by atoms with Gasteiger partial charge in [0.15, 0.2) is 0 Å². The predicted octanol–water partition coefficient (Wildman–Crippen LogP) is 0.702. The van der Waals surface area contributed by atoms with Crippen molar-refractivity contribution in [3.05, 3.63) is 29.8 Å². The maximum Gasteiger partial charge on any atom is 0.136 e. The summed E-state index contributed by atoms with van der Waals surface area (Å²) in [5, 5.41) is 38.6. The molecule has 1 aliphatic rings. The van der Waals surface area contributed by atoms with Gasteiger partial charge in [0.1, 0.15) is 29.9 Å². The number of hydrogen-bond donors (Lipinski definition) is 4. The normalized spacial score (nSPS) is 33.4. The van der Waals surface area contributed by atoms with Gasteiger partial charge in [-0.25, -0.2) is 0 Å². The molecule has 0 aromatic heterocycles. The van der Waals surface area contributed by atoms with E-state index in [1.54, 1.807) is 0 Å². The zero-order chi connectivity index (χ0) is 15.6. The van der Waals surface area contributed by atoms with Crippen LogP contribution >= 0.6 is 11.8 Å².